The van der Waals surface area contributed by atoms with Gasteiger partial charge >= 0.3 is 0 Å². The molecule has 0 fully saturated rings. The number of ether oxygens (including phenoxy) is 2. The number of aromatic amines is 1. The number of nitrogen functional groups attached to an aromatic ring is 1. The molecule has 2 aromatic carbocycles. The summed E-state index contributed by atoms with van der Waals surface area (Å²) < 4.78 is 13.4. The van der Waals surface area contributed by atoms with Crippen molar-refractivity contribution in [2.24, 2.45) is 0 Å². The van der Waals surface area contributed by atoms with Gasteiger partial charge in [0.25, 0.3) is 5.56 Å². The van der Waals surface area contributed by atoms with Crippen LogP contribution < -0.4 is 26.1 Å². The maximum absolute atomic E-state index is 13.4. The van der Waals surface area contributed by atoms with Crippen LogP contribution in [-0.4, -0.2) is 44.0 Å². The molecule has 6 rings (SSSR count). The molecule has 0 unspecified atom stereocenters. The van der Waals surface area contributed by atoms with E-state index in [0.717, 1.165) is 11.3 Å². The predicted molar refractivity (Wildman–Crippen MR) is 128 cm³/mol. The zero-order chi connectivity index (χ0) is 23.1. The molecule has 170 valence electrons. The number of nitrogens with zero attached hydrogens (tertiary/aromatic N) is 4. The van der Waals surface area contributed by atoms with Gasteiger partial charge in [-0.25, -0.2) is 4.98 Å². The van der Waals surface area contributed by atoms with E-state index in [0.29, 0.717) is 53.3 Å². The number of hydrogen-bond acceptors (Lipinski definition) is 8. The van der Waals surface area contributed by atoms with E-state index in [1.807, 2.05) is 54.6 Å². The van der Waals surface area contributed by atoms with Crippen molar-refractivity contribution in [2.45, 2.75) is 12.6 Å². The number of rotatable bonds is 5. The number of nitrogens with one attached hydrogen (secondary N) is 2. The maximum atomic E-state index is 13.4. The monoisotopic (exact) mass is 455 g/mol. The van der Waals surface area contributed by atoms with Crippen molar-refractivity contribution in [3.05, 3.63) is 76.7 Å². The van der Waals surface area contributed by atoms with E-state index >= 15 is 0 Å². The van der Waals surface area contributed by atoms with Gasteiger partial charge in [0.2, 0.25) is 5.95 Å². The van der Waals surface area contributed by atoms with Crippen LogP contribution in [0.4, 0.5) is 11.8 Å². The summed E-state index contributed by atoms with van der Waals surface area (Å²) in [7, 11) is 0. The summed E-state index contributed by atoms with van der Waals surface area (Å²) in [6.45, 7) is 1.17. The van der Waals surface area contributed by atoms with Crippen LogP contribution in [0, 0.1) is 0 Å². The summed E-state index contributed by atoms with van der Waals surface area (Å²) in [4.78, 5) is 22.5. The first kappa shape index (κ1) is 20.0. The third kappa shape index (κ3) is 3.45. The van der Waals surface area contributed by atoms with Gasteiger partial charge in [-0.15, -0.1) is 0 Å². The Hall–Kier alpha value is -4.60. The smallest absolute Gasteiger partial charge is 0.265 e. The second-order valence-corrected chi connectivity index (χ2v) is 8.05. The normalized spacial score (nSPS) is 15.0. The number of H-pyrrole nitrogens is 1. The van der Waals surface area contributed by atoms with Crippen LogP contribution in [0.3, 0.4) is 0 Å². The molecule has 0 saturated carbocycles. The molecule has 1 aliphatic rings. The van der Waals surface area contributed by atoms with Crippen LogP contribution in [0.25, 0.3) is 21.9 Å². The van der Waals surface area contributed by atoms with Crippen molar-refractivity contribution < 1.29 is 9.47 Å². The van der Waals surface area contributed by atoms with Crippen molar-refractivity contribution in [1.29, 1.82) is 0 Å². The lowest BCUT2D eigenvalue weighted by atomic mass is 10.2. The molecule has 34 heavy (non-hydrogen) atoms. The molecule has 0 aliphatic carbocycles. The Bertz CT molecular complexity index is 1560. The standard InChI is InChI=1S/C24H21N7O3/c25-21-19-20(29-30-21)16-11-27-24(26-10-15-13-33-17-8-4-5-9-18(17)34-15)28-22(16)31(23(19)32)12-14-6-2-1-3-7-14/h1-9,11,15H,10,12-13H2,(H3,25,29,30)(H,26,27,28)/t15-/m0/s1. The molecule has 1 atom stereocenters. The highest BCUT2D eigenvalue weighted by Crippen LogP contribution is 2.31. The maximum Gasteiger partial charge on any atom is 0.265 e. The fourth-order valence-corrected chi connectivity index (χ4v) is 4.11. The Balaban J connectivity index is 1.35. The van der Waals surface area contributed by atoms with Crippen molar-refractivity contribution in [3.63, 3.8) is 0 Å². The van der Waals surface area contributed by atoms with Gasteiger partial charge in [-0.1, -0.05) is 42.5 Å². The third-order valence-electron chi connectivity index (χ3n) is 5.77. The van der Waals surface area contributed by atoms with E-state index in [1.165, 1.54) is 0 Å². The zero-order valence-corrected chi connectivity index (χ0v) is 18.1. The molecule has 0 bridgehead atoms. The van der Waals surface area contributed by atoms with E-state index in [4.69, 9.17) is 15.2 Å². The second-order valence-electron chi connectivity index (χ2n) is 8.05. The highest BCUT2D eigenvalue weighted by Gasteiger charge is 2.22. The molecule has 0 saturated heterocycles. The summed E-state index contributed by atoms with van der Waals surface area (Å²) in [5, 5.41) is 11.1. The van der Waals surface area contributed by atoms with Crippen LogP contribution in [-0.2, 0) is 6.54 Å². The molecular weight excluding hydrogens is 434 g/mol. The van der Waals surface area contributed by atoms with Crippen LogP contribution in [0.2, 0.25) is 0 Å². The average Bonchev–Trinajstić information content (AvgIpc) is 3.27. The number of fused-ring (bicyclic) bond motifs is 4. The van der Waals surface area contributed by atoms with Crippen LogP contribution in [0.15, 0.2) is 65.6 Å². The van der Waals surface area contributed by atoms with E-state index < -0.39 is 0 Å². The molecule has 4 N–H and O–H groups in total. The highest BCUT2D eigenvalue weighted by atomic mass is 16.6. The number of para-hydroxylation sites is 2. The SMILES string of the molecule is Nc1[nH]nc2c1c(=O)n(Cc1ccccc1)c1nc(NC[C@H]3COc4ccccc4O3)ncc21. The molecule has 10 heteroatoms. The summed E-state index contributed by atoms with van der Waals surface area (Å²) in [6, 6.07) is 17.3. The first-order chi connectivity index (χ1) is 16.7. The van der Waals surface area contributed by atoms with Gasteiger partial charge in [-0.3, -0.25) is 14.5 Å². The molecule has 0 radical (unpaired) electrons. The average molecular weight is 455 g/mol. The zero-order valence-electron chi connectivity index (χ0n) is 18.1. The van der Waals surface area contributed by atoms with Gasteiger partial charge in [0.1, 0.15) is 29.4 Å². The molecule has 0 spiro atoms. The molecule has 0 amide bonds. The van der Waals surface area contributed by atoms with Crippen molar-refractivity contribution in [2.75, 3.05) is 24.2 Å². The number of aromatic nitrogens is 5. The van der Waals surface area contributed by atoms with Crippen LogP contribution in [0.1, 0.15) is 5.56 Å². The van der Waals surface area contributed by atoms with Gasteiger partial charge in [-0.2, -0.15) is 10.1 Å². The number of hydrogen-bond donors (Lipinski definition) is 3. The fraction of sp³-hybridized carbons (Fsp3) is 0.167. The number of benzene rings is 2. The van der Waals surface area contributed by atoms with Gasteiger partial charge in [0, 0.05) is 6.20 Å². The first-order valence-corrected chi connectivity index (χ1v) is 10.9. The predicted octanol–water partition coefficient (Wildman–Crippen LogP) is 2.55. The molecule has 1 aliphatic heterocycles. The minimum absolute atomic E-state index is 0.214. The lowest BCUT2D eigenvalue weighted by molar-refractivity contribution is 0.0996. The van der Waals surface area contributed by atoms with Gasteiger partial charge in [0.05, 0.1) is 18.5 Å². The number of anilines is 2. The number of pyridine rings is 1. The lowest BCUT2D eigenvalue weighted by Gasteiger charge is -2.26. The van der Waals surface area contributed by atoms with Gasteiger partial charge in [0.15, 0.2) is 17.1 Å². The molecule has 4 heterocycles. The van der Waals surface area contributed by atoms with Gasteiger partial charge < -0.3 is 20.5 Å². The molecule has 5 aromatic rings. The molecule has 10 nitrogen and oxygen atoms in total. The van der Waals surface area contributed by atoms with Crippen molar-refractivity contribution in [1.82, 2.24) is 24.7 Å². The summed E-state index contributed by atoms with van der Waals surface area (Å²) in [5.41, 5.74) is 7.64. The van der Waals surface area contributed by atoms with Crippen LogP contribution >= 0.6 is 0 Å². The topological polar surface area (TPSA) is 133 Å². The largest absolute Gasteiger partial charge is 0.486 e. The van der Waals surface area contributed by atoms with E-state index in [9.17, 15) is 4.79 Å². The summed E-state index contributed by atoms with van der Waals surface area (Å²) in [5.74, 6) is 2.03. The quantitative estimate of drug-likeness (QED) is 0.368. The van der Waals surface area contributed by atoms with E-state index in [1.54, 1.807) is 10.8 Å². The van der Waals surface area contributed by atoms with Crippen molar-refractivity contribution in [3.8, 4) is 11.5 Å². The Morgan fingerprint density at radius 2 is 1.91 bits per heavy atom. The lowest BCUT2D eigenvalue weighted by Crippen LogP contribution is -2.35. The summed E-state index contributed by atoms with van der Waals surface area (Å²) >= 11 is 0. The Labute approximate surface area is 193 Å². The van der Waals surface area contributed by atoms with Crippen LogP contribution in [0.5, 0.6) is 11.5 Å². The fourth-order valence-electron chi connectivity index (χ4n) is 4.11. The van der Waals surface area contributed by atoms with E-state index in [-0.39, 0.29) is 17.5 Å². The third-order valence-corrected chi connectivity index (χ3v) is 5.77. The Kier molecular flexibility index (Phi) is 4.76. The highest BCUT2D eigenvalue weighted by molar-refractivity contribution is 6.05. The Morgan fingerprint density at radius 1 is 1.12 bits per heavy atom. The summed E-state index contributed by atoms with van der Waals surface area (Å²) in [6.07, 6.45) is 1.44. The Morgan fingerprint density at radius 3 is 2.76 bits per heavy atom. The molecular formula is C24H21N7O3. The second kappa shape index (κ2) is 8.07. The first-order valence-electron chi connectivity index (χ1n) is 10.9. The minimum Gasteiger partial charge on any atom is -0.486 e. The van der Waals surface area contributed by atoms with E-state index in [2.05, 4.69) is 25.5 Å². The van der Waals surface area contributed by atoms with Gasteiger partial charge in [-0.05, 0) is 17.7 Å². The van der Waals surface area contributed by atoms with Crippen molar-refractivity contribution >= 4 is 33.7 Å². The number of nitrogens with two attached hydrogens (primary N) is 1. The molecule has 3 aromatic heterocycles. The minimum atomic E-state index is -0.261.